The van der Waals surface area contributed by atoms with Gasteiger partial charge in [0, 0.05) is 53.9 Å². The van der Waals surface area contributed by atoms with Crippen LogP contribution in [0.1, 0.15) is 77.3 Å². The van der Waals surface area contributed by atoms with Crippen LogP contribution in [-0.2, 0) is 25.7 Å². The number of benzene rings is 4. The van der Waals surface area contributed by atoms with Gasteiger partial charge in [-0.3, -0.25) is 9.35 Å². The molecule has 0 saturated carbocycles. The maximum absolute atomic E-state index is 12.1. The maximum Gasteiger partial charge on any atom is 0.264 e. The highest BCUT2D eigenvalue weighted by Gasteiger charge is 2.45. The van der Waals surface area contributed by atoms with E-state index in [0.29, 0.717) is 25.8 Å². The van der Waals surface area contributed by atoms with Crippen LogP contribution < -0.4 is 10.2 Å². The van der Waals surface area contributed by atoms with Crippen molar-refractivity contribution in [2.45, 2.75) is 77.0 Å². The lowest BCUT2D eigenvalue weighted by Crippen LogP contribution is -2.28. The number of allylic oxidation sites excluding steroid dienone is 10. The summed E-state index contributed by atoms with van der Waals surface area (Å²) in [5.41, 5.74) is 6.92. The molecule has 2 aliphatic rings. The molecule has 2 N–H and O–H groups in total. The van der Waals surface area contributed by atoms with E-state index in [-0.39, 0.29) is 29.0 Å². The molecular formula is C50H56N3O4S+. The van der Waals surface area contributed by atoms with Crippen LogP contribution in [0, 0.1) is 12.3 Å². The molecule has 8 heteroatoms. The molecule has 58 heavy (non-hydrogen) atoms. The fourth-order valence-corrected chi connectivity index (χ4v) is 9.26. The minimum absolute atomic E-state index is 0.00809. The number of hydrogen-bond acceptors (Lipinski definition) is 4. The summed E-state index contributed by atoms with van der Waals surface area (Å²) in [5.74, 6) is 2.23. The van der Waals surface area contributed by atoms with E-state index in [1.807, 2.05) is 24.3 Å². The predicted octanol–water partition coefficient (Wildman–Crippen LogP) is 10.3. The van der Waals surface area contributed by atoms with Crippen molar-refractivity contribution in [3.05, 3.63) is 144 Å². The molecule has 0 spiro atoms. The zero-order valence-electron chi connectivity index (χ0n) is 34.2. The molecule has 0 unspecified atom stereocenters. The van der Waals surface area contributed by atoms with E-state index < -0.39 is 10.1 Å². The molecule has 7 nitrogen and oxygen atoms in total. The zero-order valence-corrected chi connectivity index (χ0v) is 35.1. The number of unbranched alkanes of at least 4 members (excludes halogenated alkanes) is 3. The number of amides is 1. The van der Waals surface area contributed by atoms with Crippen LogP contribution in [0.4, 0.5) is 11.4 Å². The van der Waals surface area contributed by atoms with Crippen LogP contribution >= 0.6 is 0 Å². The highest BCUT2D eigenvalue weighted by molar-refractivity contribution is 7.85. The summed E-state index contributed by atoms with van der Waals surface area (Å²) in [6.45, 7) is 10.9. The van der Waals surface area contributed by atoms with Crippen molar-refractivity contribution < 1.29 is 22.3 Å². The van der Waals surface area contributed by atoms with Gasteiger partial charge in [-0.1, -0.05) is 117 Å². The van der Waals surface area contributed by atoms with E-state index in [2.05, 4.69) is 152 Å². The molecule has 0 radical (unpaired) electrons. The Bertz CT molecular complexity index is 2510. The Kier molecular flexibility index (Phi) is 13.4. The standard InChI is InChI=1S/C50H55N3O4S/c1-6-34-51-46(54)29-15-12-20-35-52-42-32-30-38-23-16-18-25-40(38)47(42)49(2,3)44(52)27-13-10-8-7-9-11-14-28-45-50(4,5)48-41-26-19-17-24-39(41)31-33-43(48)53(45)36-21-22-37-58(55,56)57/h1,7-11,13-14,16-19,23-28,30-33H,12,15,20-22,29,34-37H2,2-5H3,(H-,51,54,55,56,57)/p+1. The monoisotopic (exact) mass is 794 g/mol. The number of nitrogens with one attached hydrogen (secondary N) is 1. The van der Waals surface area contributed by atoms with Gasteiger partial charge in [0.2, 0.25) is 11.6 Å². The van der Waals surface area contributed by atoms with Gasteiger partial charge in [0.1, 0.15) is 6.54 Å². The Labute approximate surface area is 345 Å². The van der Waals surface area contributed by atoms with Gasteiger partial charge < -0.3 is 10.2 Å². The van der Waals surface area contributed by atoms with Crippen LogP contribution in [0.25, 0.3) is 21.5 Å². The fourth-order valence-electron chi connectivity index (χ4n) is 8.69. The van der Waals surface area contributed by atoms with Crippen LogP contribution in [-0.4, -0.2) is 54.6 Å². The molecule has 300 valence electrons. The smallest absolute Gasteiger partial charge is 0.264 e. The third-order valence-corrected chi connectivity index (χ3v) is 12.2. The minimum Gasteiger partial charge on any atom is -0.345 e. The van der Waals surface area contributed by atoms with Gasteiger partial charge in [-0.25, -0.2) is 0 Å². The van der Waals surface area contributed by atoms with Gasteiger partial charge in [-0.2, -0.15) is 13.0 Å². The summed E-state index contributed by atoms with van der Waals surface area (Å²) >= 11 is 0. The molecule has 1 amide bonds. The lowest BCUT2D eigenvalue weighted by atomic mass is 9.79. The Morgan fingerprint density at radius 1 is 0.776 bits per heavy atom. The van der Waals surface area contributed by atoms with Crippen molar-refractivity contribution in [3.8, 4) is 12.3 Å². The van der Waals surface area contributed by atoms with Crippen molar-refractivity contribution in [1.29, 1.82) is 0 Å². The van der Waals surface area contributed by atoms with Crippen molar-refractivity contribution in [2.24, 2.45) is 0 Å². The molecule has 0 aliphatic carbocycles. The van der Waals surface area contributed by atoms with Gasteiger partial charge in [-0.05, 0) is 84.8 Å². The molecule has 0 atom stereocenters. The lowest BCUT2D eigenvalue weighted by Gasteiger charge is -2.27. The van der Waals surface area contributed by atoms with Gasteiger partial charge in [0.25, 0.3) is 10.1 Å². The van der Waals surface area contributed by atoms with E-state index in [4.69, 9.17) is 6.42 Å². The van der Waals surface area contributed by atoms with Crippen molar-refractivity contribution in [2.75, 3.05) is 30.3 Å². The van der Waals surface area contributed by atoms with Crippen molar-refractivity contribution >= 4 is 54.7 Å². The van der Waals surface area contributed by atoms with Crippen molar-refractivity contribution in [1.82, 2.24) is 5.32 Å². The first-order valence-corrected chi connectivity index (χ1v) is 22.0. The molecule has 2 aliphatic heterocycles. The minimum atomic E-state index is -3.99. The second kappa shape index (κ2) is 18.4. The zero-order chi connectivity index (χ0) is 41.3. The molecule has 0 fully saturated rings. The Hall–Kier alpha value is -5.49. The van der Waals surface area contributed by atoms with Crippen LogP contribution in [0.15, 0.2) is 133 Å². The van der Waals surface area contributed by atoms with Gasteiger partial charge in [0.05, 0.1) is 17.7 Å². The largest absolute Gasteiger partial charge is 0.345 e. The van der Waals surface area contributed by atoms with E-state index in [1.54, 1.807) is 0 Å². The summed E-state index contributed by atoms with van der Waals surface area (Å²) < 4.78 is 34.5. The first kappa shape index (κ1) is 42.1. The second-order valence-corrected chi connectivity index (χ2v) is 17.7. The third-order valence-electron chi connectivity index (χ3n) is 11.4. The van der Waals surface area contributed by atoms with Gasteiger partial charge in [0.15, 0.2) is 5.71 Å². The normalized spacial score (nSPS) is 16.8. The van der Waals surface area contributed by atoms with E-state index in [9.17, 15) is 17.8 Å². The number of terminal acetylenes is 1. The molecule has 4 aromatic carbocycles. The van der Waals surface area contributed by atoms with Crippen molar-refractivity contribution in [3.63, 3.8) is 0 Å². The quantitative estimate of drug-likeness (QED) is 0.0365. The Morgan fingerprint density at radius 3 is 2.10 bits per heavy atom. The summed E-state index contributed by atoms with van der Waals surface area (Å²) in [4.78, 5) is 14.4. The lowest BCUT2D eigenvalue weighted by molar-refractivity contribution is -0.438. The Morgan fingerprint density at radius 2 is 1.41 bits per heavy atom. The summed E-state index contributed by atoms with van der Waals surface area (Å²) in [6, 6.07) is 25.8. The van der Waals surface area contributed by atoms with E-state index >= 15 is 0 Å². The number of carbonyl (C=O) groups is 1. The predicted molar refractivity (Wildman–Crippen MR) is 242 cm³/mol. The molecule has 0 saturated heterocycles. The van der Waals surface area contributed by atoms with E-state index in [0.717, 1.165) is 37.2 Å². The molecule has 4 aromatic rings. The molecule has 2 heterocycles. The summed E-state index contributed by atoms with van der Waals surface area (Å²) in [7, 11) is -3.99. The summed E-state index contributed by atoms with van der Waals surface area (Å²) in [5, 5.41) is 7.69. The summed E-state index contributed by atoms with van der Waals surface area (Å²) in [6.07, 6.45) is 28.3. The average molecular weight is 795 g/mol. The number of anilines is 1. The number of rotatable bonds is 17. The first-order valence-electron chi connectivity index (χ1n) is 20.4. The topological polar surface area (TPSA) is 89.7 Å². The van der Waals surface area contributed by atoms with Gasteiger partial charge >= 0.3 is 0 Å². The molecule has 6 rings (SSSR count). The second-order valence-electron chi connectivity index (χ2n) is 16.2. The van der Waals surface area contributed by atoms with E-state index in [1.165, 1.54) is 44.1 Å². The average Bonchev–Trinajstić information content (AvgIpc) is 3.55. The number of fused-ring (bicyclic) bond motifs is 6. The molecule has 0 aromatic heterocycles. The maximum atomic E-state index is 12.1. The van der Waals surface area contributed by atoms with Gasteiger partial charge in [-0.15, -0.1) is 6.42 Å². The Balaban J connectivity index is 1.16. The molecular weight excluding hydrogens is 739 g/mol. The molecule has 0 bridgehead atoms. The van der Waals surface area contributed by atoms with Crippen LogP contribution in [0.2, 0.25) is 0 Å². The third kappa shape index (κ3) is 9.44. The van der Waals surface area contributed by atoms with Crippen LogP contribution in [0.5, 0.6) is 0 Å². The number of carbonyl (C=O) groups excluding carboxylic acids is 1. The first-order chi connectivity index (χ1) is 27.8. The SMILES string of the molecule is C#CCNC(=O)CCCCC[N+]1=C(/C=C/C=C/C=C/C=C/C=C2/N(CCCCS(=O)(=O)O)c3ccc4ccccc4c3C2(C)C)C(C)(C)c2c1ccc1ccccc21. The van der Waals surface area contributed by atoms with Crippen LogP contribution in [0.3, 0.4) is 0 Å². The highest BCUT2D eigenvalue weighted by Crippen LogP contribution is 2.51. The number of nitrogens with zero attached hydrogens (tertiary/aromatic N) is 2. The highest BCUT2D eigenvalue weighted by atomic mass is 32.2. The number of hydrogen-bond donors (Lipinski definition) is 2. The fraction of sp³-hybridized carbons (Fsp3) is 0.320.